The van der Waals surface area contributed by atoms with E-state index in [0.29, 0.717) is 34.3 Å². The van der Waals surface area contributed by atoms with Gasteiger partial charge in [0.1, 0.15) is 17.6 Å². The van der Waals surface area contributed by atoms with Gasteiger partial charge in [0.15, 0.2) is 0 Å². The van der Waals surface area contributed by atoms with E-state index in [1.807, 2.05) is 17.0 Å². The monoisotopic (exact) mass is 550 g/mol. The van der Waals surface area contributed by atoms with Crippen LogP contribution in [-0.2, 0) is 12.7 Å². The SMILES string of the molecule is CN(Cc1ccc(C(F)(F)F)c(F)c1)[C@@H]1CN(C(=O)c2ccc(C#N)nc2)C[C@@H]1c1ccc(Cl)c(Cl)c1. The van der Waals surface area contributed by atoms with E-state index >= 15 is 0 Å². The maximum Gasteiger partial charge on any atom is 0.419 e. The molecule has 2 heterocycles. The van der Waals surface area contributed by atoms with Crippen molar-refractivity contribution in [3.63, 3.8) is 0 Å². The number of nitriles is 1. The van der Waals surface area contributed by atoms with Crippen molar-refractivity contribution in [2.75, 3.05) is 20.1 Å². The number of carbonyl (C=O) groups excluding carboxylic acids is 1. The van der Waals surface area contributed by atoms with Crippen LogP contribution in [0.3, 0.4) is 0 Å². The maximum atomic E-state index is 14.2. The summed E-state index contributed by atoms with van der Waals surface area (Å²) in [6, 6.07) is 12.7. The third-order valence-corrected chi connectivity index (χ3v) is 7.15. The Kier molecular flexibility index (Phi) is 7.74. The fourth-order valence-corrected chi connectivity index (χ4v) is 4.84. The number of nitrogens with zero attached hydrogens (tertiary/aromatic N) is 4. The number of hydrogen-bond acceptors (Lipinski definition) is 4. The molecule has 0 bridgehead atoms. The van der Waals surface area contributed by atoms with Crippen molar-refractivity contribution in [3.05, 3.63) is 98.5 Å². The van der Waals surface area contributed by atoms with Gasteiger partial charge in [0.05, 0.1) is 21.2 Å². The molecule has 0 saturated carbocycles. The number of hydrogen-bond donors (Lipinski definition) is 0. The van der Waals surface area contributed by atoms with E-state index in [-0.39, 0.29) is 30.1 Å². The Hall–Kier alpha value is -3.19. The van der Waals surface area contributed by atoms with Crippen molar-refractivity contribution < 1.29 is 22.4 Å². The minimum Gasteiger partial charge on any atom is -0.336 e. The van der Waals surface area contributed by atoms with Crippen molar-refractivity contribution >= 4 is 29.1 Å². The zero-order valence-corrected chi connectivity index (χ0v) is 20.9. The summed E-state index contributed by atoms with van der Waals surface area (Å²) >= 11 is 12.3. The van der Waals surface area contributed by atoms with Gasteiger partial charge in [-0.1, -0.05) is 35.3 Å². The number of likely N-dealkylation sites (N-methyl/N-ethyl adjacent to an activating group) is 1. The molecule has 4 rings (SSSR count). The predicted octanol–water partition coefficient (Wildman–Crippen LogP) is 6.16. The lowest BCUT2D eigenvalue weighted by Gasteiger charge is -2.29. The van der Waals surface area contributed by atoms with Gasteiger partial charge in [-0.2, -0.15) is 18.4 Å². The van der Waals surface area contributed by atoms with Gasteiger partial charge in [0, 0.05) is 37.8 Å². The first-order chi connectivity index (χ1) is 17.5. The Morgan fingerprint density at radius 1 is 1.14 bits per heavy atom. The summed E-state index contributed by atoms with van der Waals surface area (Å²) in [5, 5.41) is 9.69. The smallest absolute Gasteiger partial charge is 0.336 e. The van der Waals surface area contributed by atoms with Crippen LogP contribution in [0.5, 0.6) is 0 Å². The summed E-state index contributed by atoms with van der Waals surface area (Å²) in [5.41, 5.74) is 0.384. The van der Waals surface area contributed by atoms with Crippen LogP contribution in [0.4, 0.5) is 17.6 Å². The molecule has 1 aliphatic rings. The first-order valence-electron chi connectivity index (χ1n) is 11.1. The van der Waals surface area contributed by atoms with Gasteiger partial charge in [0.25, 0.3) is 5.91 Å². The molecular formula is C26H20Cl2F4N4O. The Balaban J connectivity index is 1.61. The highest BCUT2D eigenvalue weighted by Gasteiger charge is 2.39. The van der Waals surface area contributed by atoms with Crippen molar-refractivity contribution in [1.29, 1.82) is 5.26 Å². The van der Waals surface area contributed by atoms with Gasteiger partial charge in [-0.25, -0.2) is 9.37 Å². The molecule has 2 atom stereocenters. The molecule has 1 fully saturated rings. The van der Waals surface area contributed by atoms with Gasteiger partial charge in [-0.3, -0.25) is 9.69 Å². The van der Waals surface area contributed by atoms with Crippen LogP contribution in [-0.4, -0.2) is 46.9 Å². The summed E-state index contributed by atoms with van der Waals surface area (Å²) in [6.07, 6.45) is -3.43. The molecule has 1 aromatic heterocycles. The number of rotatable bonds is 5. The second-order valence-corrected chi connectivity index (χ2v) is 9.64. The second-order valence-electron chi connectivity index (χ2n) is 8.83. The summed E-state index contributed by atoms with van der Waals surface area (Å²) < 4.78 is 53.0. The number of likely N-dealkylation sites (tertiary alicyclic amines) is 1. The van der Waals surface area contributed by atoms with Gasteiger partial charge in [-0.15, -0.1) is 0 Å². The number of halogens is 6. The average Bonchev–Trinajstić information content (AvgIpc) is 3.30. The van der Waals surface area contributed by atoms with Gasteiger partial charge >= 0.3 is 6.18 Å². The van der Waals surface area contributed by atoms with Crippen molar-refractivity contribution in [2.24, 2.45) is 0 Å². The van der Waals surface area contributed by atoms with Crippen LogP contribution in [0.2, 0.25) is 10.0 Å². The van der Waals surface area contributed by atoms with E-state index < -0.39 is 17.6 Å². The van der Waals surface area contributed by atoms with E-state index in [9.17, 15) is 22.4 Å². The first kappa shape index (κ1) is 26.9. The zero-order chi connectivity index (χ0) is 26.9. The number of carbonyl (C=O) groups is 1. The minimum atomic E-state index is -4.78. The third-order valence-electron chi connectivity index (χ3n) is 6.41. The fraction of sp³-hybridized carbons (Fsp3) is 0.269. The normalized spacial score (nSPS) is 17.8. The lowest BCUT2D eigenvalue weighted by molar-refractivity contribution is -0.140. The lowest BCUT2D eigenvalue weighted by atomic mass is 9.93. The van der Waals surface area contributed by atoms with Crippen molar-refractivity contribution in [3.8, 4) is 6.07 Å². The van der Waals surface area contributed by atoms with Crippen molar-refractivity contribution in [2.45, 2.75) is 24.7 Å². The van der Waals surface area contributed by atoms with E-state index in [4.69, 9.17) is 28.5 Å². The Labute approximate surface area is 220 Å². The molecule has 0 spiro atoms. The highest BCUT2D eigenvalue weighted by atomic mass is 35.5. The van der Waals surface area contributed by atoms with Crippen LogP contribution in [0, 0.1) is 17.1 Å². The number of alkyl halides is 3. The van der Waals surface area contributed by atoms with Gasteiger partial charge in [0.2, 0.25) is 0 Å². The van der Waals surface area contributed by atoms with Crippen LogP contribution in [0.15, 0.2) is 54.7 Å². The van der Waals surface area contributed by atoms with Crippen LogP contribution in [0.25, 0.3) is 0 Å². The number of aromatic nitrogens is 1. The molecule has 1 amide bonds. The molecule has 0 radical (unpaired) electrons. The standard InChI is InChI=1S/C26H20Cl2F4N4O/c1-35(12-15-2-6-20(23(29)8-15)26(30,31)32)24-14-36(25(37)17-3-5-18(10-33)34-11-17)13-19(24)16-4-7-21(27)22(28)9-16/h2-9,11,19,24H,12-14H2,1H3/t19-,24-/m1/s1. The molecule has 37 heavy (non-hydrogen) atoms. The lowest BCUT2D eigenvalue weighted by Crippen LogP contribution is -2.38. The highest BCUT2D eigenvalue weighted by Crippen LogP contribution is 2.36. The molecule has 11 heteroatoms. The molecule has 5 nitrogen and oxygen atoms in total. The fourth-order valence-electron chi connectivity index (χ4n) is 4.53. The van der Waals surface area contributed by atoms with E-state index in [1.165, 1.54) is 24.4 Å². The van der Waals surface area contributed by atoms with E-state index in [0.717, 1.165) is 17.7 Å². The molecule has 2 aromatic carbocycles. The topological polar surface area (TPSA) is 60.2 Å². The summed E-state index contributed by atoms with van der Waals surface area (Å²) in [4.78, 5) is 20.7. The third kappa shape index (κ3) is 5.87. The average molecular weight is 551 g/mol. The summed E-state index contributed by atoms with van der Waals surface area (Å²) in [7, 11) is 1.77. The van der Waals surface area contributed by atoms with Crippen LogP contribution < -0.4 is 0 Å². The van der Waals surface area contributed by atoms with Gasteiger partial charge < -0.3 is 4.90 Å². The maximum absolute atomic E-state index is 14.2. The number of amides is 1. The highest BCUT2D eigenvalue weighted by molar-refractivity contribution is 6.42. The molecule has 0 N–H and O–H groups in total. The molecule has 1 saturated heterocycles. The Bertz CT molecular complexity index is 1360. The minimum absolute atomic E-state index is 0.151. The Morgan fingerprint density at radius 2 is 1.89 bits per heavy atom. The number of benzene rings is 2. The molecule has 1 aliphatic heterocycles. The number of pyridine rings is 1. The summed E-state index contributed by atoms with van der Waals surface area (Å²) in [5.74, 6) is -1.83. The summed E-state index contributed by atoms with van der Waals surface area (Å²) in [6.45, 7) is 0.772. The second kappa shape index (κ2) is 10.7. The van der Waals surface area contributed by atoms with E-state index in [2.05, 4.69) is 4.98 Å². The van der Waals surface area contributed by atoms with E-state index in [1.54, 1.807) is 24.1 Å². The zero-order valence-electron chi connectivity index (χ0n) is 19.4. The largest absolute Gasteiger partial charge is 0.419 e. The molecule has 0 unspecified atom stereocenters. The predicted molar refractivity (Wildman–Crippen MR) is 131 cm³/mol. The quantitative estimate of drug-likeness (QED) is 0.357. The molecule has 3 aromatic rings. The van der Waals surface area contributed by atoms with Gasteiger partial charge in [-0.05, 0) is 54.6 Å². The van der Waals surface area contributed by atoms with Crippen molar-refractivity contribution in [1.82, 2.24) is 14.8 Å². The first-order valence-corrected chi connectivity index (χ1v) is 11.9. The van der Waals surface area contributed by atoms with Crippen LogP contribution >= 0.6 is 23.2 Å². The molecule has 192 valence electrons. The Morgan fingerprint density at radius 3 is 2.49 bits per heavy atom. The van der Waals surface area contributed by atoms with Crippen LogP contribution in [0.1, 0.15) is 38.7 Å². The molecule has 0 aliphatic carbocycles. The molecular weight excluding hydrogens is 531 g/mol.